The molecule has 15 heavy (non-hydrogen) atoms. The van der Waals surface area contributed by atoms with Gasteiger partial charge in [0.2, 0.25) is 0 Å². The van der Waals surface area contributed by atoms with Gasteiger partial charge in [0.05, 0.1) is 0 Å². The van der Waals surface area contributed by atoms with Crippen molar-refractivity contribution in [3.63, 3.8) is 0 Å². The van der Waals surface area contributed by atoms with E-state index in [0.717, 1.165) is 0 Å². The Hall–Kier alpha value is -0.0300. The minimum atomic E-state index is 0.481. The molecule has 1 N–H and O–H groups in total. The van der Waals surface area contributed by atoms with Crippen LogP contribution in [0.4, 0.5) is 0 Å². The second kappa shape index (κ2) is 5.34. The maximum atomic E-state index is 3.46. The van der Waals surface area contributed by atoms with Crippen LogP contribution in [0.15, 0.2) is 16.8 Å². The molecule has 0 saturated carbocycles. The molecular formula is C11H18N2S2. The van der Waals surface area contributed by atoms with Crippen molar-refractivity contribution in [1.29, 1.82) is 0 Å². The number of hydrogen-bond acceptors (Lipinski definition) is 4. The average Bonchev–Trinajstić information content (AvgIpc) is 2.75. The number of nitrogens with one attached hydrogen (secondary N) is 1. The van der Waals surface area contributed by atoms with Gasteiger partial charge in [0.25, 0.3) is 0 Å². The summed E-state index contributed by atoms with van der Waals surface area (Å²) in [5.74, 6) is 2.50. The average molecular weight is 242 g/mol. The number of hydrogen-bond donors (Lipinski definition) is 1. The van der Waals surface area contributed by atoms with E-state index in [4.69, 9.17) is 0 Å². The van der Waals surface area contributed by atoms with Crippen molar-refractivity contribution in [3.05, 3.63) is 22.4 Å². The number of nitrogens with zero attached hydrogens (tertiary/aromatic N) is 1. The summed E-state index contributed by atoms with van der Waals surface area (Å²) in [6.07, 6.45) is 0. The molecule has 0 bridgehead atoms. The summed E-state index contributed by atoms with van der Waals surface area (Å²) in [4.78, 5) is 2.48. The highest BCUT2D eigenvalue weighted by Gasteiger charge is 2.28. The van der Waals surface area contributed by atoms with Gasteiger partial charge < -0.3 is 5.32 Å². The van der Waals surface area contributed by atoms with Gasteiger partial charge >= 0.3 is 0 Å². The molecule has 1 aromatic rings. The zero-order chi connectivity index (χ0) is 10.7. The Bertz CT molecular complexity index is 287. The smallest absolute Gasteiger partial charge is 0.0491 e. The van der Waals surface area contributed by atoms with Gasteiger partial charge in [-0.3, -0.25) is 4.90 Å². The second-order valence-electron chi connectivity index (χ2n) is 3.95. The molecular weight excluding hydrogens is 224 g/mol. The van der Waals surface area contributed by atoms with Crippen molar-refractivity contribution in [1.82, 2.24) is 10.2 Å². The van der Waals surface area contributed by atoms with Crippen LogP contribution >= 0.6 is 23.1 Å². The molecule has 2 unspecified atom stereocenters. The van der Waals surface area contributed by atoms with E-state index in [1.54, 1.807) is 11.3 Å². The van der Waals surface area contributed by atoms with E-state index in [1.807, 2.05) is 0 Å². The van der Waals surface area contributed by atoms with Crippen LogP contribution in [0.5, 0.6) is 0 Å². The lowest BCUT2D eigenvalue weighted by atomic mass is 10.0. The molecule has 1 saturated heterocycles. The maximum absolute atomic E-state index is 3.46. The fourth-order valence-electron chi connectivity index (χ4n) is 2.09. The molecule has 2 rings (SSSR count). The number of thioether (sulfide) groups is 1. The van der Waals surface area contributed by atoms with E-state index >= 15 is 0 Å². The van der Waals surface area contributed by atoms with Gasteiger partial charge in [-0.2, -0.15) is 23.1 Å². The van der Waals surface area contributed by atoms with Crippen molar-refractivity contribution in [3.8, 4) is 0 Å². The van der Waals surface area contributed by atoms with Crippen molar-refractivity contribution in [2.45, 2.75) is 12.1 Å². The highest BCUT2D eigenvalue weighted by molar-refractivity contribution is 7.99. The topological polar surface area (TPSA) is 15.3 Å². The van der Waals surface area contributed by atoms with Gasteiger partial charge in [-0.05, 0) is 36.5 Å². The monoisotopic (exact) mass is 242 g/mol. The number of rotatable bonds is 3. The highest BCUT2D eigenvalue weighted by atomic mass is 32.2. The van der Waals surface area contributed by atoms with E-state index in [-0.39, 0.29) is 0 Å². The SMILES string of the molecule is CNC(c1ccsc1)C1CSCCN1C. The highest BCUT2D eigenvalue weighted by Crippen LogP contribution is 2.27. The Labute approximate surface area is 100 Å². The van der Waals surface area contributed by atoms with Crippen molar-refractivity contribution >= 4 is 23.1 Å². The summed E-state index contributed by atoms with van der Waals surface area (Å²) in [7, 11) is 4.30. The van der Waals surface area contributed by atoms with E-state index in [9.17, 15) is 0 Å². The Morgan fingerprint density at radius 1 is 1.60 bits per heavy atom. The molecule has 0 spiro atoms. The third-order valence-electron chi connectivity index (χ3n) is 3.04. The first-order valence-corrected chi connectivity index (χ1v) is 7.40. The molecule has 0 amide bonds. The van der Waals surface area contributed by atoms with Crippen molar-refractivity contribution in [2.75, 3.05) is 32.1 Å². The van der Waals surface area contributed by atoms with Crippen LogP contribution in [0.25, 0.3) is 0 Å². The van der Waals surface area contributed by atoms with Crippen LogP contribution in [-0.4, -0.2) is 43.1 Å². The molecule has 4 heteroatoms. The molecule has 1 aromatic heterocycles. The predicted molar refractivity (Wildman–Crippen MR) is 69.9 cm³/mol. The standard InChI is InChI=1S/C11H18N2S2/c1-12-11(9-3-5-14-7-9)10-8-15-6-4-13(10)2/h3,5,7,10-12H,4,6,8H2,1-2H3. The second-order valence-corrected chi connectivity index (χ2v) is 5.88. The molecule has 2 atom stereocenters. The van der Waals surface area contributed by atoms with Crippen LogP contribution in [0.1, 0.15) is 11.6 Å². The van der Waals surface area contributed by atoms with Crippen LogP contribution < -0.4 is 5.32 Å². The molecule has 1 aliphatic heterocycles. The van der Waals surface area contributed by atoms with E-state index in [0.29, 0.717) is 12.1 Å². The third-order valence-corrected chi connectivity index (χ3v) is 4.79. The van der Waals surface area contributed by atoms with Gasteiger partial charge in [-0.25, -0.2) is 0 Å². The van der Waals surface area contributed by atoms with Crippen LogP contribution in [0.3, 0.4) is 0 Å². The Morgan fingerprint density at radius 2 is 2.47 bits per heavy atom. The molecule has 2 nitrogen and oxygen atoms in total. The quantitative estimate of drug-likeness (QED) is 0.873. The first-order valence-electron chi connectivity index (χ1n) is 5.30. The van der Waals surface area contributed by atoms with Crippen molar-refractivity contribution < 1.29 is 0 Å². The summed E-state index contributed by atoms with van der Waals surface area (Å²) in [6.45, 7) is 1.21. The molecule has 0 aromatic carbocycles. The summed E-state index contributed by atoms with van der Waals surface area (Å²) < 4.78 is 0. The Kier molecular flexibility index (Phi) is 4.08. The molecule has 1 fully saturated rings. The number of thiophene rings is 1. The van der Waals surface area contributed by atoms with E-state index < -0.39 is 0 Å². The molecule has 1 aliphatic rings. The number of likely N-dealkylation sites (N-methyl/N-ethyl adjacent to an activating group) is 2. The minimum absolute atomic E-state index is 0.481. The van der Waals surface area contributed by atoms with Gasteiger partial charge in [-0.15, -0.1) is 0 Å². The Morgan fingerprint density at radius 3 is 3.07 bits per heavy atom. The molecule has 84 valence electrons. The van der Waals surface area contributed by atoms with Gasteiger partial charge in [-0.1, -0.05) is 0 Å². The lowest BCUT2D eigenvalue weighted by Crippen LogP contribution is -2.46. The first kappa shape index (κ1) is 11.5. The lowest BCUT2D eigenvalue weighted by molar-refractivity contribution is 0.221. The first-order chi connectivity index (χ1) is 7.33. The zero-order valence-electron chi connectivity index (χ0n) is 9.27. The molecule has 2 heterocycles. The Balaban J connectivity index is 2.11. The summed E-state index contributed by atoms with van der Waals surface area (Å²) in [6, 6.07) is 3.34. The summed E-state index contributed by atoms with van der Waals surface area (Å²) >= 11 is 3.85. The summed E-state index contributed by atoms with van der Waals surface area (Å²) in [5, 5.41) is 7.88. The van der Waals surface area contributed by atoms with Crippen LogP contribution in [0.2, 0.25) is 0 Å². The van der Waals surface area contributed by atoms with Gasteiger partial charge in [0.1, 0.15) is 0 Å². The van der Waals surface area contributed by atoms with Crippen molar-refractivity contribution in [2.24, 2.45) is 0 Å². The van der Waals surface area contributed by atoms with Gasteiger partial charge in [0.15, 0.2) is 0 Å². The normalized spacial score (nSPS) is 25.3. The van der Waals surface area contributed by atoms with Crippen LogP contribution in [-0.2, 0) is 0 Å². The predicted octanol–water partition coefficient (Wildman–Crippen LogP) is 2.06. The molecule has 0 aliphatic carbocycles. The summed E-state index contributed by atoms with van der Waals surface area (Å²) in [5.41, 5.74) is 1.43. The minimum Gasteiger partial charge on any atom is -0.312 e. The third kappa shape index (κ3) is 2.56. The van der Waals surface area contributed by atoms with Gasteiger partial charge in [0, 0.05) is 30.1 Å². The fraction of sp³-hybridized carbons (Fsp3) is 0.636. The van der Waals surface area contributed by atoms with E-state index in [2.05, 4.69) is 52.9 Å². The fourth-order valence-corrected chi connectivity index (χ4v) is 4.06. The largest absolute Gasteiger partial charge is 0.312 e. The lowest BCUT2D eigenvalue weighted by Gasteiger charge is -2.37. The maximum Gasteiger partial charge on any atom is 0.0491 e. The van der Waals surface area contributed by atoms with E-state index in [1.165, 1.54) is 23.6 Å². The molecule has 0 radical (unpaired) electrons. The van der Waals surface area contributed by atoms with Crippen LogP contribution in [0, 0.1) is 0 Å². The zero-order valence-corrected chi connectivity index (χ0v) is 10.9.